The van der Waals surface area contributed by atoms with E-state index in [1.165, 1.54) is 5.06 Å². The van der Waals surface area contributed by atoms with Gasteiger partial charge >= 0.3 is 12.1 Å². The molecule has 2 atom stereocenters. The number of hydroxylamine groups is 2. The zero-order valence-corrected chi connectivity index (χ0v) is 13.5. The highest BCUT2D eigenvalue weighted by atomic mass is 19.4. The maximum Gasteiger partial charge on any atom is 0.470 e. The molecule has 0 N–H and O–H groups in total. The standard InChI is InChI=1S/C16H22F3N3O/c1-4-21(5-2)11-12(3)22-14(13-9-7-6-8-10-13)20-15(23-22)16(17,18)19/h6-10,12,14H,4-5,11H2,1-3H3/t12?,14-/m0/s1. The van der Waals surface area contributed by atoms with E-state index in [0.717, 1.165) is 13.1 Å². The minimum atomic E-state index is -4.59. The van der Waals surface area contributed by atoms with Gasteiger partial charge in [-0.2, -0.15) is 13.2 Å². The van der Waals surface area contributed by atoms with Crippen LogP contribution in [0.3, 0.4) is 0 Å². The Morgan fingerprint density at radius 1 is 1.22 bits per heavy atom. The van der Waals surface area contributed by atoms with Crippen LogP contribution in [-0.4, -0.2) is 47.7 Å². The Morgan fingerprint density at radius 3 is 2.35 bits per heavy atom. The molecule has 23 heavy (non-hydrogen) atoms. The first-order valence-electron chi connectivity index (χ1n) is 7.75. The van der Waals surface area contributed by atoms with E-state index in [9.17, 15) is 13.2 Å². The second kappa shape index (κ2) is 7.31. The first-order valence-corrected chi connectivity index (χ1v) is 7.75. The van der Waals surface area contributed by atoms with Gasteiger partial charge in [0.25, 0.3) is 0 Å². The summed E-state index contributed by atoms with van der Waals surface area (Å²) in [5, 5.41) is 1.34. The molecule has 0 spiro atoms. The van der Waals surface area contributed by atoms with Crippen molar-refractivity contribution >= 4 is 5.90 Å². The van der Waals surface area contributed by atoms with Crippen LogP contribution in [-0.2, 0) is 4.84 Å². The van der Waals surface area contributed by atoms with Gasteiger partial charge in [0.2, 0.25) is 0 Å². The van der Waals surface area contributed by atoms with Crippen molar-refractivity contribution in [2.24, 2.45) is 4.99 Å². The van der Waals surface area contributed by atoms with Crippen molar-refractivity contribution in [3.63, 3.8) is 0 Å². The molecule has 0 fully saturated rings. The fourth-order valence-corrected chi connectivity index (χ4v) is 2.58. The van der Waals surface area contributed by atoms with E-state index in [1.54, 1.807) is 24.3 Å². The number of aliphatic imine (C=N–C) groups is 1. The molecule has 0 radical (unpaired) electrons. The van der Waals surface area contributed by atoms with Crippen molar-refractivity contribution in [1.82, 2.24) is 9.96 Å². The van der Waals surface area contributed by atoms with E-state index in [1.807, 2.05) is 26.8 Å². The highest BCUT2D eigenvalue weighted by Crippen LogP contribution is 2.34. The normalized spacial score (nSPS) is 20.5. The molecule has 1 unspecified atom stereocenters. The zero-order valence-electron chi connectivity index (χ0n) is 13.5. The van der Waals surface area contributed by atoms with E-state index in [4.69, 9.17) is 4.84 Å². The molecule has 0 aromatic heterocycles. The van der Waals surface area contributed by atoms with Crippen LogP contribution in [0.2, 0.25) is 0 Å². The number of benzene rings is 1. The fraction of sp³-hybridized carbons (Fsp3) is 0.562. The minimum absolute atomic E-state index is 0.233. The van der Waals surface area contributed by atoms with E-state index < -0.39 is 18.2 Å². The molecule has 0 saturated heterocycles. The molecule has 0 bridgehead atoms. The number of hydrogen-bond acceptors (Lipinski definition) is 4. The molecule has 1 aromatic rings. The van der Waals surface area contributed by atoms with E-state index in [-0.39, 0.29) is 6.04 Å². The van der Waals surface area contributed by atoms with Crippen LogP contribution in [0, 0.1) is 0 Å². The van der Waals surface area contributed by atoms with Crippen molar-refractivity contribution in [2.75, 3.05) is 19.6 Å². The molecule has 0 saturated carbocycles. The van der Waals surface area contributed by atoms with Gasteiger partial charge in [-0.15, -0.1) is 5.06 Å². The number of nitrogens with zero attached hydrogens (tertiary/aromatic N) is 3. The summed E-state index contributed by atoms with van der Waals surface area (Å²) in [6.45, 7) is 8.16. The lowest BCUT2D eigenvalue weighted by molar-refractivity contribution is -0.155. The average Bonchev–Trinajstić information content (AvgIpc) is 2.99. The van der Waals surface area contributed by atoms with Crippen LogP contribution in [0.4, 0.5) is 13.2 Å². The van der Waals surface area contributed by atoms with Gasteiger partial charge in [-0.1, -0.05) is 44.2 Å². The zero-order chi connectivity index (χ0) is 17.0. The topological polar surface area (TPSA) is 28.1 Å². The van der Waals surface area contributed by atoms with E-state index in [0.29, 0.717) is 12.1 Å². The summed E-state index contributed by atoms with van der Waals surface area (Å²) in [5.41, 5.74) is 0.679. The molecule has 7 heteroatoms. The van der Waals surface area contributed by atoms with Gasteiger partial charge in [-0.3, -0.25) is 0 Å². The average molecular weight is 329 g/mol. The van der Waals surface area contributed by atoms with E-state index in [2.05, 4.69) is 9.89 Å². The molecule has 128 valence electrons. The SMILES string of the molecule is CCN(CC)CC(C)N1OC(C(F)(F)F)=N[C@@H]1c1ccccc1. The molecular weight excluding hydrogens is 307 g/mol. The number of alkyl halides is 3. The lowest BCUT2D eigenvalue weighted by Gasteiger charge is -2.31. The lowest BCUT2D eigenvalue weighted by atomic mass is 10.1. The van der Waals surface area contributed by atoms with Gasteiger partial charge in [-0.25, -0.2) is 4.99 Å². The summed E-state index contributed by atoms with van der Waals surface area (Å²) in [7, 11) is 0. The molecule has 0 amide bonds. The van der Waals surface area contributed by atoms with Gasteiger partial charge in [0.15, 0.2) is 6.17 Å². The van der Waals surface area contributed by atoms with Gasteiger partial charge < -0.3 is 9.74 Å². The summed E-state index contributed by atoms with van der Waals surface area (Å²) in [6.07, 6.45) is -5.37. The molecule has 1 aliphatic heterocycles. The Bertz CT molecular complexity index is 529. The van der Waals surface area contributed by atoms with Gasteiger partial charge in [0, 0.05) is 6.54 Å². The predicted molar refractivity (Wildman–Crippen MR) is 82.8 cm³/mol. The van der Waals surface area contributed by atoms with Crippen LogP contribution in [0.5, 0.6) is 0 Å². The molecule has 1 heterocycles. The predicted octanol–water partition coefficient (Wildman–Crippen LogP) is 3.62. The molecule has 1 aromatic carbocycles. The first kappa shape index (κ1) is 17.7. The summed E-state index contributed by atoms with van der Waals surface area (Å²) >= 11 is 0. The van der Waals surface area contributed by atoms with Crippen molar-refractivity contribution in [2.45, 2.75) is 39.2 Å². The van der Waals surface area contributed by atoms with Crippen molar-refractivity contribution < 1.29 is 18.0 Å². The number of hydrogen-bond donors (Lipinski definition) is 0. The maximum absolute atomic E-state index is 13.0. The van der Waals surface area contributed by atoms with Crippen molar-refractivity contribution in [3.05, 3.63) is 35.9 Å². The Balaban J connectivity index is 2.23. The van der Waals surface area contributed by atoms with Gasteiger partial charge in [0.1, 0.15) is 0 Å². The summed E-state index contributed by atoms with van der Waals surface area (Å²) in [6, 6.07) is 8.66. The second-order valence-corrected chi connectivity index (χ2v) is 5.50. The van der Waals surface area contributed by atoms with Crippen LogP contribution >= 0.6 is 0 Å². The molecular formula is C16H22F3N3O. The Hall–Kier alpha value is -1.60. The van der Waals surface area contributed by atoms with Crippen LogP contribution in [0.15, 0.2) is 35.3 Å². The third kappa shape index (κ3) is 4.23. The minimum Gasteiger partial charge on any atom is -0.378 e. The quantitative estimate of drug-likeness (QED) is 0.798. The van der Waals surface area contributed by atoms with Crippen LogP contribution in [0.25, 0.3) is 0 Å². The Kier molecular flexibility index (Phi) is 5.64. The fourth-order valence-electron chi connectivity index (χ4n) is 2.58. The molecule has 2 rings (SSSR count). The van der Waals surface area contributed by atoms with Crippen molar-refractivity contribution in [3.8, 4) is 0 Å². The van der Waals surface area contributed by atoms with Crippen LogP contribution in [0.1, 0.15) is 32.5 Å². The maximum atomic E-state index is 13.0. The summed E-state index contributed by atoms with van der Waals surface area (Å²) in [5.74, 6) is -1.18. The smallest absolute Gasteiger partial charge is 0.378 e. The highest BCUT2D eigenvalue weighted by Gasteiger charge is 2.47. The molecule has 0 aliphatic carbocycles. The Labute approximate surface area is 134 Å². The third-order valence-electron chi connectivity index (χ3n) is 3.86. The highest BCUT2D eigenvalue weighted by molar-refractivity contribution is 5.82. The van der Waals surface area contributed by atoms with Gasteiger partial charge in [-0.05, 0) is 25.6 Å². The molecule has 4 nitrogen and oxygen atoms in total. The first-order chi connectivity index (χ1) is 10.9. The number of rotatable bonds is 6. The summed E-state index contributed by atoms with van der Waals surface area (Å²) < 4.78 is 39.0. The monoisotopic (exact) mass is 329 g/mol. The second-order valence-electron chi connectivity index (χ2n) is 5.50. The Morgan fingerprint density at radius 2 is 1.83 bits per heavy atom. The lowest BCUT2D eigenvalue weighted by Crippen LogP contribution is -2.43. The summed E-state index contributed by atoms with van der Waals surface area (Å²) in [4.78, 5) is 11.0. The van der Waals surface area contributed by atoms with Gasteiger partial charge in [0.05, 0.1) is 6.04 Å². The third-order valence-corrected chi connectivity index (χ3v) is 3.86. The largest absolute Gasteiger partial charge is 0.470 e. The molecule has 1 aliphatic rings. The van der Waals surface area contributed by atoms with Crippen LogP contribution < -0.4 is 0 Å². The van der Waals surface area contributed by atoms with Crippen molar-refractivity contribution in [1.29, 1.82) is 0 Å². The number of likely N-dealkylation sites (N-methyl/N-ethyl adjacent to an activating group) is 1. The number of halogens is 3. The van der Waals surface area contributed by atoms with E-state index >= 15 is 0 Å².